The summed E-state index contributed by atoms with van der Waals surface area (Å²) in [6.07, 6.45) is 0. The molecule has 0 saturated carbocycles. The van der Waals surface area contributed by atoms with Gasteiger partial charge in [-0.3, -0.25) is 14.5 Å². The van der Waals surface area contributed by atoms with Crippen LogP contribution >= 0.6 is 0 Å². The van der Waals surface area contributed by atoms with Crippen LogP contribution in [0.3, 0.4) is 0 Å². The Morgan fingerprint density at radius 2 is 1.11 bits per heavy atom. The third kappa shape index (κ3) is 3.25. The predicted octanol–water partition coefficient (Wildman–Crippen LogP) is 4.19. The molecule has 4 rings (SSSR count). The van der Waals surface area contributed by atoms with Gasteiger partial charge in [0.15, 0.2) is 0 Å². The third-order valence-electron chi connectivity index (χ3n) is 4.59. The van der Waals surface area contributed by atoms with Crippen molar-refractivity contribution in [3.05, 3.63) is 102 Å². The van der Waals surface area contributed by atoms with Gasteiger partial charge in [-0.25, -0.2) is 0 Å². The standard InChI is InChI=1S/C23H19N3O2/c1-26-22(27)19-15-9-8-14-18(19)20(23(26)28)21(24-16-10-4-2-5-11-16)25-17-12-6-3-7-13-17/h2-15,24-25H,1H3. The van der Waals surface area contributed by atoms with E-state index < -0.39 is 0 Å². The molecule has 0 aliphatic carbocycles. The van der Waals surface area contributed by atoms with E-state index in [1.807, 2.05) is 66.7 Å². The molecule has 0 atom stereocenters. The lowest BCUT2D eigenvalue weighted by Gasteiger charge is -2.28. The van der Waals surface area contributed by atoms with Gasteiger partial charge in [-0.15, -0.1) is 0 Å². The second-order valence-electron chi connectivity index (χ2n) is 6.45. The van der Waals surface area contributed by atoms with E-state index in [9.17, 15) is 9.59 Å². The Kier molecular flexibility index (Phi) is 4.64. The van der Waals surface area contributed by atoms with Gasteiger partial charge >= 0.3 is 0 Å². The summed E-state index contributed by atoms with van der Waals surface area (Å²) in [6, 6.07) is 26.4. The topological polar surface area (TPSA) is 61.4 Å². The molecule has 0 aromatic heterocycles. The van der Waals surface area contributed by atoms with Crippen molar-refractivity contribution in [2.75, 3.05) is 17.7 Å². The van der Waals surface area contributed by atoms with Gasteiger partial charge in [0.05, 0.1) is 5.57 Å². The highest BCUT2D eigenvalue weighted by Gasteiger charge is 2.34. The number of anilines is 2. The van der Waals surface area contributed by atoms with E-state index in [0.717, 1.165) is 16.3 Å². The van der Waals surface area contributed by atoms with Crippen molar-refractivity contribution in [1.82, 2.24) is 4.90 Å². The highest BCUT2D eigenvalue weighted by atomic mass is 16.2. The Bertz CT molecular complexity index is 1020. The van der Waals surface area contributed by atoms with Crippen LogP contribution in [0.15, 0.2) is 90.8 Å². The Morgan fingerprint density at radius 1 is 0.643 bits per heavy atom. The fourth-order valence-electron chi connectivity index (χ4n) is 3.17. The van der Waals surface area contributed by atoms with Crippen molar-refractivity contribution in [3.63, 3.8) is 0 Å². The minimum Gasteiger partial charge on any atom is -0.341 e. The first-order valence-electron chi connectivity index (χ1n) is 8.95. The van der Waals surface area contributed by atoms with Crippen molar-refractivity contribution in [2.45, 2.75) is 0 Å². The number of hydrogen-bond acceptors (Lipinski definition) is 4. The lowest BCUT2D eigenvalue weighted by molar-refractivity contribution is -0.121. The van der Waals surface area contributed by atoms with Gasteiger partial charge in [0, 0.05) is 29.5 Å². The number of likely N-dealkylation sites (N-methyl/N-ethyl adjacent to an activating group) is 1. The molecule has 0 fully saturated rings. The van der Waals surface area contributed by atoms with E-state index >= 15 is 0 Å². The van der Waals surface area contributed by atoms with Crippen molar-refractivity contribution < 1.29 is 9.59 Å². The second kappa shape index (κ2) is 7.40. The molecule has 0 spiro atoms. The average molecular weight is 369 g/mol. The average Bonchev–Trinajstić information content (AvgIpc) is 2.74. The van der Waals surface area contributed by atoms with Gasteiger partial charge in [-0.1, -0.05) is 54.6 Å². The molecule has 0 radical (unpaired) electrons. The number of benzene rings is 3. The van der Waals surface area contributed by atoms with Gasteiger partial charge in [-0.05, 0) is 30.3 Å². The second-order valence-corrected chi connectivity index (χ2v) is 6.45. The number of rotatable bonds is 4. The predicted molar refractivity (Wildman–Crippen MR) is 111 cm³/mol. The molecule has 3 aromatic rings. The lowest BCUT2D eigenvalue weighted by atomic mass is 9.93. The molecule has 5 nitrogen and oxygen atoms in total. The van der Waals surface area contributed by atoms with Gasteiger partial charge in [-0.2, -0.15) is 0 Å². The van der Waals surface area contributed by atoms with Crippen LogP contribution in [-0.2, 0) is 4.79 Å². The maximum Gasteiger partial charge on any atom is 0.264 e. The van der Waals surface area contributed by atoms with Crippen molar-refractivity contribution in [3.8, 4) is 0 Å². The van der Waals surface area contributed by atoms with E-state index in [-0.39, 0.29) is 11.8 Å². The summed E-state index contributed by atoms with van der Waals surface area (Å²) in [5, 5.41) is 6.63. The minimum absolute atomic E-state index is 0.303. The Morgan fingerprint density at radius 3 is 1.64 bits per heavy atom. The normalized spacial score (nSPS) is 13.2. The largest absolute Gasteiger partial charge is 0.341 e. The van der Waals surface area contributed by atoms with E-state index in [0.29, 0.717) is 22.5 Å². The summed E-state index contributed by atoms with van der Waals surface area (Å²) in [5.41, 5.74) is 3.20. The number of nitrogens with one attached hydrogen (secondary N) is 2. The van der Waals surface area contributed by atoms with Crippen LogP contribution < -0.4 is 10.6 Å². The summed E-state index contributed by atoms with van der Waals surface area (Å²) in [5.74, 6) is -0.136. The van der Waals surface area contributed by atoms with Crippen molar-refractivity contribution in [1.29, 1.82) is 0 Å². The van der Waals surface area contributed by atoms with Crippen molar-refractivity contribution >= 4 is 28.8 Å². The molecule has 0 saturated heterocycles. The fraction of sp³-hybridized carbons (Fsp3) is 0.0435. The molecule has 2 amide bonds. The number of para-hydroxylation sites is 2. The van der Waals surface area contributed by atoms with Crippen LogP contribution in [0.1, 0.15) is 15.9 Å². The molecular formula is C23H19N3O2. The van der Waals surface area contributed by atoms with E-state index in [2.05, 4.69) is 10.6 Å². The summed E-state index contributed by atoms with van der Waals surface area (Å²) < 4.78 is 0. The van der Waals surface area contributed by atoms with Crippen LogP contribution in [0.2, 0.25) is 0 Å². The van der Waals surface area contributed by atoms with E-state index in [1.165, 1.54) is 7.05 Å². The third-order valence-corrected chi connectivity index (χ3v) is 4.59. The first-order valence-corrected chi connectivity index (χ1v) is 8.95. The highest BCUT2D eigenvalue weighted by Crippen LogP contribution is 2.31. The first kappa shape index (κ1) is 17.5. The smallest absolute Gasteiger partial charge is 0.264 e. The van der Waals surface area contributed by atoms with Gasteiger partial charge in [0.1, 0.15) is 5.82 Å². The summed E-state index contributed by atoms with van der Waals surface area (Å²) in [4.78, 5) is 26.8. The molecule has 0 unspecified atom stereocenters. The van der Waals surface area contributed by atoms with E-state index in [1.54, 1.807) is 18.2 Å². The zero-order valence-corrected chi connectivity index (χ0v) is 15.3. The Balaban J connectivity index is 1.90. The quantitative estimate of drug-likeness (QED) is 0.535. The number of fused-ring (bicyclic) bond motifs is 1. The summed E-state index contributed by atoms with van der Waals surface area (Å²) >= 11 is 0. The molecule has 1 heterocycles. The van der Waals surface area contributed by atoms with E-state index in [4.69, 9.17) is 0 Å². The van der Waals surface area contributed by atoms with Crippen LogP contribution in [-0.4, -0.2) is 23.8 Å². The van der Waals surface area contributed by atoms with Crippen LogP contribution in [0.25, 0.3) is 5.57 Å². The summed E-state index contributed by atoms with van der Waals surface area (Å²) in [7, 11) is 1.50. The van der Waals surface area contributed by atoms with Gasteiger partial charge in [0.25, 0.3) is 11.8 Å². The first-order chi connectivity index (χ1) is 13.6. The molecule has 0 bridgehead atoms. The number of carbonyl (C=O) groups excluding carboxylic acids is 2. The monoisotopic (exact) mass is 369 g/mol. The number of nitrogens with zero attached hydrogens (tertiary/aromatic N) is 1. The van der Waals surface area contributed by atoms with Crippen LogP contribution in [0.4, 0.5) is 11.4 Å². The maximum atomic E-state index is 13.1. The molecule has 5 heteroatoms. The number of hydrogen-bond donors (Lipinski definition) is 2. The SMILES string of the molecule is CN1C(=O)C(=C(Nc2ccccc2)Nc2ccccc2)c2ccccc2C1=O. The molecule has 28 heavy (non-hydrogen) atoms. The number of amides is 2. The molecule has 1 aliphatic rings. The number of carbonyl (C=O) groups is 2. The highest BCUT2D eigenvalue weighted by molar-refractivity contribution is 6.31. The van der Waals surface area contributed by atoms with Crippen LogP contribution in [0.5, 0.6) is 0 Å². The Labute approximate surface area is 163 Å². The summed E-state index contributed by atoms with van der Waals surface area (Å²) in [6.45, 7) is 0. The zero-order chi connectivity index (χ0) is 19.5. The maximum absolute atomic E-state index is 13.1. The molecule has 1 aliphatic heterocycles. The fourth-order valence-corrected chi connectivity index (χ4v) is 3.17. The zero-order valence-electron chi connectivity index (χ0n) is 15.3. The Hall–Kier alpha value is -3.86. The molecule has 3 aromatic carbocycles. The molecular weight excluding hydrogens is 350 g/mol. The minimum atomic E-state index is -0.356. The lowest BCUT2D eigenvalue weighted by Crippen LogP contribution is -2.40. The molecule has 2 N–H and O–H groups in total. The van der Waals surface area contributed by atoms with Gasteiger partial charge in [0.2, 0.25) is 0 Å². The molecule has 138 valence electrons. The number of imide groups is 1. The van der Waals surface area contributed by atoms with Gasteiger partial charge < -0.3 is 10.6 Å². The van der Waals surface area contributed by atoms with Crippen LogP contribution in [0, 0.1) is 0 Å². The van der Waals surface area contributed by atoms with Crippen molar-refractivity contribution in [2.24, 2.45) is 0 Å².